The summed E-state index contributed by atoms with van der Waals surface area (Å²) in [5.74, 6) is -0.455. The maximum atomic E-state index is 13.2. The lowest BCUT2D eigenvalue weighted by Gasteiger charge is -2.09. The number of rotatable bonds is 3. The highest BCUT2D eigenvalue weighted by atomic mass is 35.5. The highest BCUT2D eigenvalue weighted by Gasteiger charge is 2.03. The van der Waals surface area contributed by atoms with Crippen molar-refractivity contribution in [3.8, 4) is 0 Å². The Labute approximate surface area is 119 Å². The van der Waals surface area contributed by atoms with E-state index < -0.39 is 5.82 Å². The van der Waals surface area contributed by atoms with E-state index in [0.717, 1.165) is 5.56 Å². The van der Waals surface area contributed by atoms with Gasteiger partial charge in [-0.2, -0.15) is 0 Å². The topological polar surface area (TPSA) is 12.0 Å². The van der Waals surface area contributed by atoms with Crippen LogP contribution in [0.4, 0.5) is 10.1 Å². The monoisotopic (exact) mass is 303 g/mol. The van der Waals surface area contributed by atoms with Gasteiger partial charge in [-0.25, -0.2) is 4.39 Å². The summed E-state index contributed by atoms with van der Waals surface area (Å²) in [5.41, 5.74) is 1.53. The molecule has 0 fully saturated rings. The summed E-state index contributed by atoms with van der Waals surface area (Å²) in [5, 5.41) is 4.32. The van der Waals surface area contributed by atoms with Crippen LogP contribution in [0.1, 0.15) is 5.56 Å². The van der Waals surface area contributed by atoms with Gasteiger partial charge in [-0.1, -0.05) is 40.9 Å². The Morgan fingerprint density at radius 1 is 0.944 bits per heavy atom. The molecule has 0 bridgehead atoms. The molecular formula is C13H9Cl3FN. The molecule has 0 radical (unpaired) electrons. The fourth-order valence-corrected chi connectivity index (χ4v) is 2.06. The normalized spacial score (nSPS) is 10.4. The Hall–Kier alpha value is -0.960. The van der Waals surface area contributed by atoms with E-state index in [9.17, 15) is 4.39 Å². The average molecular weight is 305 g/mol. The third kappa shape index (κ3) is 3.29. The lowest BCUT2D eigenvalue weighted by Crippen LogP contribution is -2.00. The van der Waals surface area contributed by atoms with Crippen molar-refractivity contribution in [3.05, 3.63) is 62.8 Å². The second-order valence-corrected chi connectivity index (χ2v) is 4.97. The Bertz CT molecular complexity index is 572. The highest BCUT2D eigenvalue weighted by molar-refractivity contribution is 6.35. The van der Waals surface area contributed by atoms with Crippen LogP contribution < -0.4 is 5.32 Å². The molecular weight excluding hydrogens is 296 g/mol. The maximum Gasteiger partial charge on any atom is 0.143 e. The molecule has 0 saturated heterocycles. The van der Waals surface area contributed by atoms with Crippen LogP contribution >= 0.6 is 34.8 Å². The summed E-state index contributed by atoms with van der Waals surface area (Å²) >= 11 is 17.4. The SMILES string of the molecule is Fc1cc(NCc2ccc(Cl)cc2Cl)ccc1Cl. The van der Waals surface area contributed by atoms with Gasteiger partial charge in [-0.3, -0.25) is 0 Å². The van der Waals surface area contributed by atoms with E-state index in [-0.39, 0.29) is 5.02 Å². The molecule has 0 atom stereocenters. The van der Waals surface area contributed by atoms with Crippen molar-refractivity contribution < 1.29 is 4.39 Å². The molecule has 94 valence electrons. The number of anilines is 1. The van der Waals surface area contributed by atoms with Gasteiger partial charge in [0.1, 0.15) is 5.82 Å². The highest BCUT2D eigenvalue weighted by Crippen LogP contribution is 2.23. The molecule has 0 unspecified atom stereocenters. The first-order chi connectivity index (χ1) is 8.56. The molecule has 0 aromatic heterocycles. The van der Waals surface area contributed by atoms with Gasteiger partial charge >= 0.3 is 0 Å². The lowest BCUT2D eigenvalue weighted by molar-refractivity contribution is 0.628. The summed E-state index contributed by atoms with van der Waals surface area (Å²) in [6.45, 7) is 0.483. The molecule has 0 aliphatic rings. The molecule has 2 rings (SSSR count). The summed E-state index contributed by atoms with van der Waals surface area (Å²) in [7, 11) is 0. The van der Waals surface area contributed by atoms with E-state index in [0.29, 0.717) is 22.3 Å². The minimum absolute atomic E-state index is 0.102. The van der Waals surface area contributed by atoms with Crippen LogP contribution in [0.3, 0.4) is 0 Å². The van der Waals surface area contributed by atoms with Gasteiger partial charge < -0.3 is 5.32 Å². The van der Waals surface area contributed by atoms with Gasteiger partial charge in [0.2, 0.25) is 0 Å². The second-order valence-electron chi connectivity index (χ2n) is 3.72. The van der Waals surface area contributed by atoms with E-state index in [1.807, 2.05) is 6.07 Å². The van der Waals surface area contributed by atoms with Crippen molar-refractivity contribution in [1.29, 1.82) is 0 Å². The predicted molar refractivity (Wildman–Crippen MR) is 75.2 cm³/mol. The Balaban J connectivity index is 2.09. The summed E-state index contributed by atoms with van der Waals surface area (Å²) in [6.07, 6.45) is 0. The zero-order chi connectivity index (χ0) is 13.1. The van der Waals surface area contributed by atoms with Crippen LogP contribution in [0, 0.1) is 5.82 Å². The van der Waals surface area contributed by atoms with E-state index in [1.165, 1.54) is 12.1 Å². The number of hydrogen-bond donors (Lipinski definition) is 1. The van der Waals surface area contributed by atoms with Crippen LogP contribution in [-0.2, 0) is 6.54 Å². The van der Waals surface area contributed by atoms with Crippen LogP contribution in [0.2, 0.25) is 15.1 Å². The fraction of sp³-hybridized carbons (Fsp3) is 0.0769. The molecule has 0 spiro atoms. The predicted octanol–water partition coefficient (Wildman–Crippen LogP) is 5.40. The van der Waals surface area contributed by atoms with Crippen LogP contribution in [0.25, 0.3) is 0 Å². The molecule has 5 heteroatoms. The molecule has 0 aliphatic carbocycles. The summed E-state index contributed by atoms with van der Waals surface area (Å²) in [6, 6.07) is 9.80. The van der Waals surface area contributed by atoms with Crippen molar-refractivity contribution in [2.45, 2.75) is 6.54 Å². The number of halogens is 4. The third-order valence-electron chi connectivity index (χ3n) is 2.42. The quantitative estimate of drug-likeness (QED) is 0.800. The molecule has 2 aromatic rings. The fourth-order valence-electron chi connectivity index (χ4n) is 1.47. The van der Waals surface area contributed by atoms with E-state index in [4.69, 9.17) is 34.8 Å². The second kappa shape index (κ2) is 5.79. The van der Waals surface area contributed by atoms with E-state index >= 15 is 0 Å². The number of hydrogen-bond acceptors (Lipinski definition) is 1. The number of nitrogens with one attached hydrogen (secondary N) is 1. The molecule has 1 N–H and O–H groups in total. The van der Waals surface area contributed by atoms with Crippen LogP contribution in [-0.4, -0.2) is 0 Å². The van der Waals surface area contributed by atoms with Crippen molar-refractivity contribution in [2.75, 3.05) is 5.32 Å². The standard InChI is InChI=1S/C13H9Cl3FN/c14-9-2-1-8(12(16)5-9)7-18-10-3-4-11(15)13(17)6-10/h1-6,18H,7H2. The molecule has 0 saturated carbocycles. The Kier molecular flexibility index (Phi) is 4.33. The van der Waals surface area contributed by atoms with Crippen molar-refractivity contribution in [3.63, 3.8) is 0 Å². The smallest absolute Gasteiger partial charge is 0.143 e. The molecule has 0 heterocycles. The maximum absolute atomic E-state index is 13.2. The summed E-state index contributed by atoms with van der Waals surface area (Å²) < 4.78 is 13.2. The van der Waals surface area contributed by atoms with Gasteiger partial charge in [0.05, 0.1) is 5.02 Å². The largest absolute Gasteiger partial charge is 0.381 e. The zero-order valence-corrected chi connectivity index (χ0v) is 11.5. The van der Waals surface area contributed by atoms with Crippen molar-refractivity contribution in [2.24, 2.45) is 0 Å². The zero-order valence-electron chi connectivity index (χ0n) is 9.18. The third-order valence-corrected chi connectivity index (χ3v) is 3.31. The first-order valence-electron chi connectivity index (χ1n) is 5.19. The van der Waals surface area contributed by atoms with Gasteiger partial charge in [0.25, 0.3) is 0 Å². The Morgan fingerprint density at radius 2 is 1.72 bits per heavy atom. The van der Waals surface area contributed by atoms with E-state index in [2.05, 4.69) is 5.32 Å². The molecule has 0 aliphatic heterocycles. The average Bonchev–Trinajstić information content (AvgIpc) is 2.32. The van der Waals surface area contributed by atoms with Crippen molar-refractivity contribution in [1.82, 2.24) is 0 Å². The lowest BCUT2D eigenvalue weighted by atomic mass is 10.2. The minimum atomic E-state index is -0.455. The van der Waals surface area contributed by atoms with Crippen molar-refractivity contribution >= 4 is 40.5 Å². The molecule has 0 amide bonds. The van der Waals surface area contributed by atoms with Gasteiger partial charge in [0, 0.05) is 22.3 Å². The van der Waals surface area contributed by atoms with Gasteiger partial charge in [-0.15, -0.1) is 0 Å². The molecule has 2 aromatic carbocycles. The van der Waals surface area contributed by atoms with Gasteiger partial charge in [-0.05, 0) is 35.9 Å². The number of benzene rings is 2. The molecule has 1 nitrogen and oxygen atoms in total. The first-order valence-corrected chi connectivity index (χ1v) is 6.32. The Morgan fingerprint density at radius 3 is 2.39 bits per heavy atom. The van der Waals surface area contributed by atoms with Gasteiger partial charge in [0.15, 0.2) is 0 Å². The van der Waals surface area contributed by atoms with Crippen LogP contribution in [0.15, 0.2) is 36.4 Å². The minimum Gasteiger partial charge on any atom is -0.381 e. The summed E-state index contributed by atoms with van der Waals surface area (Å²) in [4.78, 5) is 0. The van der Waals surface area contributed by atoms with Crippen LogP contribution in [0.5, 0.6) is 0 Å². The first kappa shape index (κ1) is 13.5. The molecule has 18 heavy (non-hydrogen) atoms. The van der Waals surface area contributed by atoms with E-state index in [1.54, 1.807) is 18.2 Å².